The predicted molar refractivity (Wildman–Crippen MR) is 107 cm³/mol. The van der Waals surface area contributed by atoms with Gasteiger partial charge in [-0.3, -0.25) is 0 Å². The molecule has 0 radical (unpaired) electrons. The highest BCUT2D eigenvalue weighted by molar-refractivity contribution is 5.79. The predicted octanol–water partition coefficient (Wildman–Crippen LogP) is 5.69. The summed E-state index contributed by atoms with van der Waals surface area (Å²) >= 11 is 0. The summed E-state index contributed by atoms with van der Waals surface area (Å²) in [5.41, 5.74) is 1.18. The van der Waals surface area contributed by atoms with E-state index < -0.39 is 5.97 Å². The first-order chi connectivity index (χ1) is 13.6. The van der Waals surface area contributed by atoms with E-state index in [0.29, 0.717) is 0 Å². The summed E-state index contributed by atoms with van der Waals surface area (Å²) in [6.45, 7) is 0.748. The van der Waals surface area contributed by atoms with Crippen LogP contribution in [0.5, 0.6) is 11.5 Å². The zero-order chi connectivity index (χ0) is 19.5. The van der Waals surface area contributed by atoms with E-state index in [0.717, 1.165) is 56.6 Å². The van der Waals surface area contributed by atoms with Gasteiger partial charge in [-0.25, -0.2) is 4.79 Å². The molecule has 2 aromatic rings. The van der Waals surface area contributed by atoms with Crippen LogP contribution >= 0.6 is 0 Å². The molecular weight excluding hydrogens is 352 g/mol. The van der Waals surface area contributed by atoms with Gasteiger partial charge in [0.15, 0.2) is 0 Å². The van der Waals surface area contributed by atoms with Crippen LogP contribution in [0.25, 0.3) is 0 Å². The van der Waals surface area contributed by atoms with E-state index >= 15 is 0 Å². The van der Waals surface area contributed by atoms with Crippen LogP contribution in [-0.2, 0) is 15.1 Å². The summed E-state index contributed by atoms with van der Waals surface area (Å²) in [5, 5.41) is 8.73. The molecule has 0 atom stereocenters. The number of para-hydroxylation sites is 1. The lowest BCUT2D eigenvalue weighted by molar-refractivity contribution is -0.191. The SMILES string of the molecule is O=C(O)C=CCCC12CCC(c3cccc(Oc4ccccc4)c3)(CC1)OC2. The smallest absolute Gasteiger partial charge is 0.327 e. The molecule has 4 nitrogen and oxygen atoms in total. The average Bonchev–Trinajstić information content (AvgIpc) is 2.74. The second-order valence-corrected chi connectivity index (χ2v) is 8.01. The van der Waals surface area contributed by atoms with Crippen molar-refractivity contribution < 1.29 is 19.4 Å². The van der Waals surface area contributed by atoms with E-state index in [2.05, 4.69) is 12.1 Å². The summed E-state index contributed by atoms with van der Waals surface area (Å²) in [6.07, 6.45) is 9.04. The normalized spacial score (nSPS) is 26.4. The fraction of sp³-hybridized carbons (Fsp3) is 0.375. The number of fused-ring (bicyclic) bond motifs is 3. The van der Waals surface area contributed by atoms with Gasteiger partial charge in [-0.2, -0.15) is 0 Å². The fourth-order valence-corrected chi connectivity index (χ4v) is 4.50. The number of rotatable bonds is 7. The summed E-state index contributed by atoms with van der Waals surface area (Å²) in [7, 11) is 0. The van der Waals surface area contributed by atoms with Gasteiger partial charge >= 0.3 is 5.97 Å². The first-order valence-corrected chi connectivity index (χ1v) is 9.96. The van der Waals surface area contributed by atoms with Gasteiger partial charge < -0.3 is 14.6 Å². The van der Waals surface area contributed by atoms with Crippen LogP contribution in [0.2, 0.25) is 0 Å². The number of carbonyl (C=O) groups is 1. The summed E-state index contributed by atoms with van der Waals surface area (Å²) < 4.78 is 12.4. The van der Waals surface area contributed by atoms with Gasteiger partial charge in [0, 0.05) is 6.08 Å². The van der Waals surface area contributed by atoms with Crippen molar-refractivity contribution in [1.82, 2.24) is 0 Å². The molecule has 0 spiro atoms. The van der Waals surface area contributed by atoms with Crippen LogP contribution in [0, 0.1) is 5.41 Å². The molecule has 2 aromatic carbocycles. The topological polar surface area (TPSA) is 55.8 Å². The highest BCUT2D eigenvalue weighted by Gasteiger charge is 2.50. The second-order valence-electron chi connectivity index (χ2n) is 8.01. The summed E-state index contributed by atoms with van der Waals surface area (Å²) in [5.74, 6) is 0.791. The lowest BCUT2D eigenvalue weighted by Gasteiger charge is -2.53. The maximum Gasteiger partial charge on any atom is 0.327 e. The molecule has 2 bridgehead atoms. The molecule has 146 valence electrons. The van der Waals surface area contributed by atoms with Crippen LogP contribution in [0.15, 0.2) is 66.7 Å². The molecule has 1 N–H and O–H groups in total. The molecule has 0 unspecified atom stereocenters. The molecule has 2 saturated heterocycles. The summed E-state index contributed by atoms with van der Waals surface area (Å²) in [6, 6.07) is 18.1. The quantitative estimate of drug-likeness (QED) is 0.629. The summed E-state index contributed by atoms with van der Waals surface area (Å²) in [4.78, 5) is 10.6. The fourth-order valence-electron chi connectivity index (χ4n) is 4.50. The molecule has 0 aromatic heterocycles. The van der Waals surface area contributed by atoms with E-state index in [1.54, 1.807) is 6.08 Å². The molecule has 0 amide bonds. The minimum absolute atomic E-state index is 0.197. The van der Waals surface area contributed by atoms with Crippen molar-refractivity contribution in [2.45, 2.75) is 44.1 Å². The number of benzene rings is 2. The van der Waals surface area contributed by atoms with Gasteiger partial charge in [0.1, 0.15) is 11.5 Å². The van der Waals surface area contributed by atoms with Crippen molar-refractivity contribution in [3.8, 4) is 11.5 Å². The molecule has 3 aliphatic rings. The van der Waals surface area contributed by atoms with E-state index in [1.807, 2.05) is 42.5 Å². The Bertz CT molecular complexity index is 831. The number of allylic oxidation sites excluding steroid dienone is 1. The Morgan fingerprint density at radius 2 is 1.79 bits per heavy atom. The van der Waals surface area contributed by atoms with Crippen molar-refractivity contribution in [2.75, 3.05) is 6.61 Å². The van der Waals surface area contributed by atoms with Crippen LogP contribution < -0.4 is 4.74 Å². The maximum atomic E-state index is 10.6. The van der Waals surface area contributed by atoms with E-state index in [-0.39, 0.29) is 11.0 Å². The first-order valence-electron chi connectivity index (χ1n) is 9.96. The van der Waals surface area contributed by atoms with E-state index in [1.165, 1.54) is 11.6 Å². The minimum Gasteiger partial charge on any atom is -0.478 e. The van der Waals surface area contributed by atoms with Crippen molar-refractivity contribution in [1.29, 1.82) is 0 Å². The minimum atomic E-state index is -0.877. The Hall–Kier alpha value is -2.59. The van der Waals surface area contributed by atoms with Crippen molar-refractivity contribution in [2.24, 2.45) is 5.41 Å². The number of ether oxygens (including phenoxy) is 2. The van der Waals surface area contributed by atoms with E-state index in [4.69, 9.17) is 14.6 Å². The Balaban J connectivity index is 1.43. The maximum absolute atomic E-state index is 10.6. The van der Waals surface area contributed by atoms with Gasteiger partial charge in [-0.05, 0) is 73.8 Å². The third-order valence-corrected chi connectivity index (χ3v) is 6.21. The second kappa shape index (κ2) is 7.80. The zero-order valence-corrected chi connectivity index (χ0v) is 16.0. The highest BCUT2D eigenvalue weighted by Crippen LogP contribution is 2.55. The number of hydrogen-bond acceptors (Lipinski definition) is 3. The molecule has 1 aliphatic carbocycles. The molecule has 1 saturated carbocycles. The largest absolute Gasteiger partial charge is 0.478 e. The van der Waals surface area contributed by atoms with Gasteiger partial charge in [0.05, 0.1) is 12.2 Å². The number of carboxylic acid groups (broad SMARTS) is 1. The molecule has 5 rings (SSSR count). The molecule has 2 aliphatic heterocycles. The van der Waals surface area contributed by atoms with Crippen LogP contribution in [0.3, 0.4) is 0 Å². The third kappa shape index (κ3) is 3.97. The van der Waals surface area contributed by atoms with E-state index in [9.17, 15) is 4.79 Å². The molecule has 3 fully saturated rings. The number of carboxylic acids is 1. The number of hydrogen-bond donors (Lipinski definition) is 1. The average molecular weight is 378 g/mol. The molecule has 28 heavy (non-hydrogen) atoms. The van der Waals surface area contributed by atoms with Crippen LogP contribution in [-0.4, -0.2) is 17.7 Å². The first kappa shape index (κ1) is 18.8. The third-order valence-electron chi connectivity index (χ3n) is 6.21. The van der Waals surface area contributed by atoms with Crippen LogP contribution in [0.4, 0.5) is 0 Å². The van der Waals surface area contributed by atoms with Crippen molar-refractivity contribution >= 4 is 5.97 Å². The number of aliphatic carboxylic acids is 1. The monoisotopic (exact) mass is 378 g/mol. The van der Waals surface area contributed by atoms with Gasteiger partial charge in [-0.15, -0.1) is 0 Å². The molecular formula is C24H26O4. The Kier molecular flexibility index (Phi) is 5.23. The highest BCUT2D eigenvalue weighted by atomic mass is 16.5. The van der Waals surface area contributed by atoms with Gasteiger partial charge in [0.25, 0.3) is 0 Å². The van der Waals surface area contributed by atoms with Crippen LogP contribution in [0.1, 0.15) is 44.1 Å². The Labute approximate surface area is 165 Å². The lowest BCUT2D eigenvalue weighted by Crippen LogP contribution is -2.49. The van der Waals surface area contributed by atoms with Gasteiger partial charge in [0.2, 0.25) is 0 Å². The zero-order valence-electron chi connectivity index (χ0n) is 16.0. The molecule has 2 heterocycles. The Morgan fingerprint density at radius 1 is 1.04 bits per heavy atom. The van der Waals surface area contributed by atoms with Gasteiger partial charge in [-0.1, -0.05) is 36.4 Å². The van der Waals surface area contributed by atoms with Crippen molar-refractivity contribution in [3.63, 3.8) is 0 Å². The lowest BCUT2D eigenvalue weighted by atomic mass is 9.62. The standard InChI is InChI=1S/C24H26O4/c25-22(26)11-4-5-12-23-13-15-24(16-14-23,27-18-23)19-7-6-10-21(17-19)28-20-8-2-1-3-9-20/h1-4,6-11,17H,5,12-16,18H2,(H,25,26). The molecule has 4 heteroatoms. The van der Waals surface area contributed by atoms with Crippen molar-refractivity contribution in [3.05, 3.63) is 72.3 Å². The Morgan fingerprint density at radius 3 is 2.46 bits per heavy atom.